The first kappa shape index (κ1) is 28.9. The van der Waals surface area contributed by atoms with Crippen LogP contribution in [0.3, 0.4) is 0 Å². The number of hydrogen-bond acceptors (Lipinski definition) is 8. The fourth-order valence-electron chi connectivity index (χ4n) is 2.98. The summed E-state index contributed by atoms with van der Waals surface area (Å²) in [6.07, 6.45) is 6.54. The van der Waals surface area contributed by atoms with Crippen molar-refractivity contribution in [1.82, 2.24) is 5.32 Å². The molecule has 186 valence electrons. The number of aliphatic imine (C=N–C) groups is 1. The van der Waals surface area contributed by atoms with Gasteiger partial charge in [0.05, 0.1) is 11.8 Å². The molecular formula is C24H39N3O5S. The molecule has 0 aromatic carbocycles. The quantitative estimate of drug-likeness (QED) is 0.165. The highest BCUT2D eigenvalue weighted by molar-refractivity contribution is 7.96. The van der Waals surface area contributed by atoms with Crippen molar-refractivity contribution in [3.8, 4) is 0 Å². The minimum absolute atomic E-state index is 0.0598. The Morgan fingerprint density at radius 2 is 1.97 bits per heavy atom. The van der Waals surface area contributed by atoms with Crippen LogP contribution in [0.15, 0.2) is 25.4 Å². The summed E-state index contributed by atoms with van der Waals surface area (Å²) in [6, 6.07) is 1.35. The van der Waals surface area contributed by atoms with E-state index in [-0.39, 0.29) is 22.8 Å². The van der Waals surface area contributed by atoms with Crippen LogP contribution in [0.1, 0.15) is 91.2 Å². The Morgan fingerprint density at radius 1 is 1.30 bits per heavy atom. The number of amidine groups is 1. The zero-order valence-corrected chi connectivity index (χ0v) is 21.8. The van der Waals surface area contributed by atoms with Gasteiger partial charge in [-0.3, -0.25) is 10.1 Å². The molecule has 1 aliphatic rings. The molecule has 0 spiro atoms. The SMILES string of the molecule is CC.CCCCc1cc(=O)oc(/N=C(\NC=O)ON=C2CCC(OSC(C)(C)C)CC2)c1C. The van der Waals surface area contributed by atoms with Crippen LogP contribution in [0.5, 0.6) is 0 Å². The molecule has 2 rings (SSSR count). The minimum atomic E-state index is -0.487. The van der Waals surface area contributed by atoms with Crippen LogP contribution in [-0.4, -0.2) is 29.0 Å². The first-order valence-corrected chi connectivity index (χ1v) is 12.5. The Balaban J connectivity index is 0.00000265. The Bertz CT molecular complexity index is 849. The Labute approximate surface area is 201 Å². The molecule has 1 aromatic heterocycles. The highest BCUT2D eigenvalue weighted by Crippen LogP contribution is 2.30. The molecule has 1 amide bonds. The second-order valence-electron chi connectivity index (χ2n) is 8.54. The fraction of sp³-hybridized carbons (Fsp3) is 0.667. The molecule has 9 heteroatoms. The highest BCUT2D eigenvalue weighted by atomic mass is 32.2. The average molecular weight is 482 g/mol. The number of carbonyl (C=O) groups excluding carboxylic acids is 1. The van der Waals surface area contributed by atoms with Crippen LogP contribution in [0.25, 0.3) is 0 Å². The van der Waals surface area contributed by atoms with Gasteiger partial charge < -0.3 is 13.4 Å². The number of unbranched alkanes of at least 4 members (excludes halogenated alkanes) is 1. The number of rotatable bonds is 8. The minimum Gasteiger partial charge on any atom is -0.404 e. The topological polar surface area (TPSA) is 102 Å². The van der Waals surface area contributed by atoms with Crippen molar-refractivity contribution in [2.24, 2.45) is 10.1 Å². The largest absolute Gasteiger partial charge is 0.404 e. The van der Waals surface area contributed by atoms with E-state index in [0.29, 0.717) is 6.41 Å². The van der Waals surface area contributed by atoms with E-state index in [9.17, 15) is 9.59 Å². The number of nitrogens with one attached hydrogen (secondary N) is 1. The van der Waals surface area contributed by atoms with Crippen molar-refractivity contribution in [3.63, 3.8) is 0 Å². The highest BCUT2D eigenvalue weighted by Gasteiger charge is 2.22. The molecule has 0 radical (unpaired) electrons. The number of hydrogen-bond donors (Lipinski definition) is 1. The summed E-state index contributed by atoms with van der Waals surface area (Å²) in [5.74, 6) is 0.111. The Morgan fingerprint density at radius 3 is 2.55 bits per heavy atom. The molecule has 1 aromatic rings. The molecule has 0 saturated heterocycles. The third kappa shape index (κ3) is 11.0. The maximum absolute atomic E-state index is 11.9. The van der Waals surface area contributed by atoms with Gasteiger partial charge in [0.15, 0.2) is 0 Å². The predicted octanol–water partition coefficient (Wildman–Crippen LogP) is 5.83. The second-order valence-corrected chi connectivity index (χ2v) is 10.1. The summed E-state index contributed by atoms with van der Waals surface area (Å²) in [6.45, 7) is 14.3. The molecule has 1 N–H and O–H groups in total. The molecule has 0 bridgehead atoms. The maximum atomic E-state index is 11.9. The number of aryl methyl sites for hydroxylation is 1. The van der Waals surface area contributed by atoms with Crippen LogP contribution in [0, 0.1) is 6.92 Å². The number of amides is 1. The van der Waals surface area contributed by atoms with Gasteiger partial charge in [-0.25, -0.2) is 4.79 Å². The first-order valence-electron chi connectivity index (χ1n) is 11.7. The zero-order chi connectivity index (χ0) is 24.9. The second kappa shape index (κ2) is 14.9. The molecule has 1 fully saturated rings. The van der Waals surface area contributed by atoms with E-state index in [1.165, 1.54) is 18.1 Å². The summed E-state index contributed by atoms with van der Waals surface area (Å²) in [7, 11) is 0. The summed E-state index contributed by atoms with van der Waals surface area (Å²) in [5, 5.41) is 6.52. The van der Waals surface area contributed by atoms with Gasteiger partial charge in [0.1, 0.15) is 0 Å². The standard InChI is InChI=1S/C22H33N3O5S.C2H6/c1-6-7-8-16-13-19(27)28-20(15(16)2)24-21(23-14-26)29-25-17-9-11-18(12-10-17)30-31-22(3,4)5;1-2/h13-14,18H,6-12H2,1-5H3,(H,23,24,26);1-2H3. The van der Waals surface area contributed by atoms with Gasteiger partial charge in [-0.15, -0.1) is 0 Å². The molecule has 1 heterocycles. The molecule has 8 nitrogen and oxygen atoms in total. The van der Waals surface area contributed by atoms with Gasteiger partial charge in [0.2, 0.25) is 12.3 Å². The molecular weight excluding hydrogens is 442 g/mol. The van der Waals surface area contributed by atoms with E-state index in [0.717, 1.165) is 61.8 Å². The molecule has 33 heavy (non-hydrogen) atoms. The van der Waals surface area contributed by atoms with E-state index in [1.807, 2.05) is 20.8 Å². The molecule has 0 unspecified atom stereocenters. The Kier molecular flexibility index (Phi) is 13.1. The van der Waals surface area contributed by atoms with Gasteiger partial charge >= 0.3 is 11.6 Å². The van der Waals surface area contributed by atoms with Gasteiger partial charge in [-0.1, -0.05) is 32.3 Å². The molecule has 1 aliphatic carbocycles. The van der Waals surface area contributed by atoms with E-state index < -0.39 is 5.63 Å². The summed E-state index contributed by atoms with van der Waals surface area (Å²) in [5.41, 5.74) is 2.00. The van der Waals surface area contributed by atoms with Crippen LogP contribution in [0.4, 0.5) is 5.88 Å². The average Bonchev–Trinajstić information content (AvgIpc) is 2.79. The normalized spacial score (nSPS) is 16.5. The molecule has 0 aliphatic heterocycles. The number of carbonyl (C=O) groups is 1. The van der Waals surface area contributed by atoms with E-state index >= 15 is 0 Å². The fourth-order valence-corrected chi connectivity index (χ4v) is 3.59. The molecule has 0 atom stereocenters. The van der Waals surface area contributed by atoms with E-state index in [2.05, 4.69) is 43.2 Å². The number of nitrogens with zero attached hydrogens (tertiary/aromatic N) is 2. The van der Waals surface area contributed by atoms with Crippen molar-refractivity contribution in [1.29, 1.82) is 0 Å². The van der Waals surface area contributed by atoms with Gasteiger partial charge in [0, 0.05) is 16.4 Å². The lowest BCUT2D eigenvalue weighted by molar-refractivity contribution is -0.108. The van der Waals surface area contributed by atoms with E-state index in [1.54, 1.807) is 0 Å². The summed E-state index contributed by atoms with van der Waals surface area (Å²) >= 11 is 1.50. The third-order valence-electron chi connectivity index (χ3n) is 4.68. The number of oxime groups is 1. The third-order valence-corrected chi connectivity index (χ3v) is 5.55. The lowest BCUT2D eigenvalue weighted by Crippen LogP contribution is -2.25. The van der Waals surface area contributed by atoms with Crippen LogP contribution in [0.2, 0.25) is 0 Å². The first-order chi connectivity index (χ1) is 15.7. The van der Waals surface area contributed by atoms with E-state index in [4.69, 9.17) is 13.4 Å². The van der Waals surface area contributed by atoms with Crippen molar-refractivity contribution >= 4 is 36.1 Å². The van der Waals surface area contributed by atoms with Crippen LogP contribution >= 0.6 is 12.0 Å². The predicted molar refractivity (Wildman–Crippen MR) is 135 cm³/mol. The van der Waals surface area contributed by atoms with Gasteiger partial charge in [-0.05, 0) is 83.8 Å². The lowest BCUT2D eigenvalue weighted by atomic mass is 9.96. The Hall–Kier alpha value is -2.13. The van der Waals surface area contributed by atoms with Crippen molar-refractivity contribution in [2.75, 3.05) is 0 Å². The monoisotopic (exact) mass is 481 g/mol. The zero-order valence-electron chi connectivity index (χ0n) is 21.0. The van der Waals surface area contributed by atoms with Crippen molar-refractivity contribution in [3.05, 3.63) is 27.6 Å². The molecule has 1 saturated carbocycles. The van der Waals surface area contributed by atoms with Gasteiger partial charge in [0.25, 0.3) is 0 Å². The maximum Gasteiger partial charge on any atom is 0.337 e. The smallest absolute Gasteiger partial charge is 0.337 e. The van der Waals surface area contributed by atoms with Crippen molar-refractivity contribution in [2.45, 2.75) is 104 Å². The lowest BCUT2D eigenvalue weighted by Gasteiger charge is -2.25. The van der Waals surface area contributed by atoms with Gasteiger partial charge in [-0.2, -0.15) is 4.99 Å². The van der Waals surface area contributed by atoms with Crippen LogP contribution in [-0.2, 0) is 20.2 Å². The van der Waals surface area contributed by atoms with Crippen LogP contribution < -0.4 is 10.9 Å². The summed E-state index contributed by atoms with van der Waals surface area (Å²) < 4.78 is 11.2. The summed E-state index contributed by atoms with van der Waals surface area (Å²) in [4.78, 5) is 32.5. The van der Waals surface area contributed by atoms with Crippen molar-refractivity contribution < 1.29 is 18.2 Å².